The predicted molar refractivity (Wildman–Crippen MR) is 70.5 cm³/mol. The Bertz CT molecular complexity index is 229. The number of rotatable bonds is 10. The van der Waals surface area contributed by atoms with Gasteiger partial charge >= 0.3 is 0 Å². The fourth-order valence-electron chi connectivity index (χ4n) is 1.91. The molecule has 0 radical (unpaired) electrons. The van der Waals surface area contributed by atoms with E-state index in [-0.39, 0.29) is 0 Å². The van der Waals surface area contributed by atoms with Crippen LogP contribution in [0.4, 0.5) is 0 Å². The van der Waals surface area contributed by atoms with E-state index in [1.165, 1.54) is 50.5 Å². The second-order valence-electron chi connectivity index (χ2n) is 4.52. The van der Waals surface area contributed by atoms with Crippen LogP contribution in [0.5, 0.6) is 0 Å². The lowest BCUT2D eigenvalue weighted by molar-refractivity contribution is 0.563. The Morgan fingerprint density at radius 2 is 1.81 bits per heavy atom. The van der Waals surface area contributed by atoms with Gasteiger partial charge in [-0.3, -0.25) is 0 Å². The van der Waals surface area contributed by atoms with Gasteiger partial charge in [-0.15, -0.1) is 0 Å². The van der Waals surface area contributed by atoms with Crippen molar-refractivity contribution in [2.75, 3.05) is 6.54 Å². The molecule has 1 aromatic heterocycles. The standard InChI is InChI=1S/C14H26N2/c1-2-3-4-5-6-7-8-10-15-12-14-9-11-16-13-14/h9,11,13,15-16H,2-8,10,12H2,1H3. The summed E-state index contributed by atoms with van der Waals surface area (Å²) in [7, 11) is 0. The second-order valence-corrected chi connectivity index (χ2v) is 4.52. The Hall–Kier alpha value is -0.760. The lowest BCUT2D eigenvalue weighted by Gasteiger charge is -2.03. The van der Waals surface area contributed by atoms with Gasteiger partial charge < -0.3 is 10.3 Å². The zero-order chi connectivity index (χ0) is 11.5. The van der Waals surface area contributed by atoms with E-state index in [4.69, 9.17) is 0 Å². The third-order valence-electron chi connectivity index (χ3n) is 2.95. The van der Waals surface area contributed by atoms with Crippen LogP contribution in [0.25, 0.3) is 0 Å². The van der Waals surface area contributed by atoms with Gasteiger partial charge in [0.2, 0.25) is 0 Å². The minimum atomic E-state index is 0.999. The second kappa shape index (κ2) is 9.46. The minimum absolute atomic E-state index is 0.999. The van der Waals surface area contributed by atoms with Crippen LogP contribution in [0.1, 0.15) is 57.4 Å². The summed E-state index contributed by atoms with van der Waals surface area (Å²) in [6, 6.07) is 2.12. The molecule has 0 aliphatic heterocycles. The molecule has 16 heavy (non-hydrogen) atoms. The number of H-pyrrole nitrogens is 1. The molecule has 0 aliphatic carbocycles. The zero-order valence-electron chi connectivity index (χ0n) is 10.6. The van der Waals surface area contributed by atoms with E-state index < -0.39 is 0 Å². The molecule has 0 spiro atoms. The number of hydrogen-bond donors (Lipinski definition) is 2. The maximum absolute atomic E-state index is 3.47. The summed E-state index contributed by atoms with van der Waals surface area (Å²) < 4.78 is 0. The molecule has 1 heterocycles. The first kappa shape index (κ1) is 13.3. The molecule has 0 aliphatic rings. The predicted octanol–water partition coefficient (Wildman–Crippen LogP) is 3.85. The third kappa shape index (κ3) is 6.67. The van der Waals surface area contributed by atoms with Gasteiger partial charge in [-0.05, 0) is 24.6 Å². The lowest BCUT2D eigenvalue weighted by Crippen LogP contribution is -2.14. The topological polar surface area (TPSA) is 27.8 Å². The Morgan fingerprint density at radius 1 is 1.06 bits per heavy atom. The molecular formula is C14H26N2. The molecule has 0 fully saturated rings. The van der Waals surface area contributed by atoms with Crippen LogP contribution in [-0.4, -0.2) is 11.5 Å². The number of nitrogens with one attached hydrogen (secondary N) is 2. The highest BCUT2D eigenvalue weighted by Crippen LogP contribution is 2.06. The van der Waals surface area contributed by atoms with E-state index in [1.54, 1.807) is 0 Å². The van der Waals surface area contributed by atoms with E-state index >= 15 is 0 Å². The largest absolute Gasteiger partial charge is 0.367 e. The smallest absolute Gasteiger partial charge is 0.0220 e. The third-order valence-corrected chi connectivity index (χ3v) is 2.95. The summed E-state index contributed by atoms with van der Waals surface area (Å²) >= 11 is 0. The fraction of sp³-hybridized carbons (Fsp3) is 0.714. The Balaban J connectivity index is 1.78. The first-order chi connectivity index (χ1) is 7.93. The molecule has 2 heteroatoms. The number of aromatic amines is 1. The van der Waals surface area contributed by atoms with Gasteiger partial charge in [0.25, 0.3) is 0 Å². The lowest BCUT2D eigenvalue weighted by atomic mass is 10.1. The quantitative estimate of drug-likeness (QED) is 0.578. The van der Waals surface area contributed by atoms with Crippen molar-refractivity contribution in [3.8, 4) is 0 Å². The van der Waals surface area contributed by atoms with Crippen LogP contribution in [0.2, 0.25) is 0 Å². The maximum Gasteiger partial charge on any atom is 0.0220 e. The van der Waals surface area contributed by atoms with Gasteiger partial charge in [-0.1, -0.05) is 45.4 Å². The summed E-state index contributed by atoms with van der Waals surface area (Å²) in [5.74, 6) is 0. The van der Waals surface area contributed by atoms with E-state index in [0.29, 0.717) is 0 Å². The van der Waals surface area contributed by atoms with E-state index in [2.05, 4.69) is 29.5 Å². The highest BCUT2D eigenvalue weighted by Gasteiger charge is 1.93. The molecule has 0 saturated carbocycles. The van der Waals surface area contributed by atoms with Crippen molar-refractivity contribution in [3.05, 3.63) is 24.0 Å². The van der Waals surface area contributed by atoms with Crippen LogP contribution in [-0.2, 0) is 6.54 Å². The monoisotopic (exact) mass is 222 g/mol. The molecule has 0 amide bonds. The normalized spacial score (nSPS) is 10.8. The summed E-state index contributed by atoms with van der Waals surface area (Å²) in [5, 5.41) is 3.47. The number of hydrogen-bond acceptors (Lipinski definition) is 1. The molecule has 1 rings (SSSR count). The summed E-state index contributed by atoms with van der Waals surface area (Å²) in [6.07, 6.45) is 13.7. The molecule has 0 atom stereocenters. The van der Waals surface area contributed by atoms with Gasteiger partial charge in [0.15, 0.2) is 0 Å². The van der Waals surface area contributed by atoms with Crippen molar-refractivity contribution in [1.82, 2.24) is 10.3 Å². The first-order valence-electron chi connectivity index (χ1n) is 6.76. The van der Waals surface area contributed by atoms with Crippen LogP contribution >= 0.6 is 0 Å². The van der Waals surface area contributed by atoms with Gasteiger partial charge in [-0.25, -0.2) is 0 Å². The van der Waals surface area contributed by atoms with Crippen molar-refractivity contribution in [3.63, 3.8) is 0 Å². The fourth-order valence-corrected chi connectivity index (χ4v) is 1.91. The molecule has 0 aromatic carbocycles. The average molecular weight is 222 g/mol. The highest BCUT2D eigenvalue weighted by molar-refractivity contribution is 5.07. The molecular weight excluding hydrogens is 196 g/mol. The molecule has 0 unspecified atom stereocenters. The number of aromatic nitrogens is 1. The van der Waals surface area contributed by atoms with Crippen molar-refractivity contribution in [2.45, 2.75) is 58.4 Å². The molecule has 0 bridgehead atoms. The van der Waals surface area contributed by atoms with Gasteiger partial charge in [0, 0.05) is 18.9 Å². The van der Waals surface area contributed by atoms with Gasteiger partial charge in [0.05, 0.1) is 0 Å². The SMILES string of the molecule is CCCCCCCCCNCc1cc[nH]c1. The van der Waals surface area contributed by atoms with Crippen molar-refractivity contribution < 1.29 is 0 Å². The van der Waals surface area contributed by atoms with Crippen LogP contribution in [0, 0.1) is 0 Å². The Labute approximate surface area is 99.8 Å². The number of unbranched alkanes of at least 4 members (excludes halogenated alkanes) is 6. The molecule has 92 valence electrons. The maximum atomic E-state index is 3.47. The molecule has 0 saturated heterocycles. The van der Waals surface area contributed by atoms with Crippen LogP contribution < -0.4 is 5.32 Å². The zero-order valence-corrected chi connectivity index (χ0v) is 10.6. The van der Waals surface area contributed by atoms with Crippen molar-refractivity contribution >= 4 is 0 Å². The van der Waals surface area contributed by atoms with Crippen molar-refractivity contribution in [2.24, 2.45) is 0 Å². The molecule has 1 aromatic rings. The summed E-state index contributed by atoms with van der Waals surface area (Å²) in [4.78, 5) is 3.07. The van der Waals surface area contributed by atoms with Gasteiger partial charge in [-0.2, -0.15) is 0 Å². The highest BCUT2D eigenvalue weighted by atomic mass is 14.8. The molecule has 2 N–H and O–H groups in total. The average Bonchev–Trinajstić information content (AvgIpc) is 2.80. The minimum Gasteiger partial charge on any atom is -0.367 e. The van der Waals surface area contributed by atoms with Gasteiger partial charge in [0.1, 0.15) is 0 Å². The van der Waals surface area contributed by atoms with E-state index in [1.807, 2.05) is 6.20 Å². The Morgan fingerprint density at radius 3 is 2.50 bits per heavy atom. The first-order valence-corrected chi connectivity index (χ1v) is 6.76. The summed E-state index contributed by atoms with van der Waals surface area (Å²) in [5.41, 5.74) is 1.35. The van der Waals surface area contributed by atoms with E-state index in [9.17, 15) is 0 Å². The van der Waals surface area contributed by atoms with Crippen molar-refractivity contribution in [1.29, 1.82) is 0 Å². The Kier molecular flexibility index (Phi) is 7.87. The molecule has 2 nitrogen and oxygen atoms in total. The van der Waals surface area contributed by atoms with Crippen LogP contribution in [0.15, 0.2) is 18.5 Å². The van der Waals surface area contributed by atoms with Crippen LogP contribution in [0.3, 0.4) is 0 Å². The van der Waals surface area contributed by atoms with E-state index in [0.717, 1.165) is 13.1 Å². The summed E-state index contributed by atoms with van der Waals surface area (Å²) in [6.45, 7) is 4.42.